The number of likely N-dealkylation sites (tertiary alicyclic amines) is 1. The van der Waals surface area contributed by atoms with E-state index < -0.39 is 0 Å². The lowest BCUT2D eigenvalue weighted by Crippen LogP contribution is -2.45. The average Bonchev–Trinajstić information content (AvgIpc) is 3.30. The summed E-state index contributed by atoms with van der Waals surface area (Å²) in [6, 6.07) is 4.69. The largest absolute Gasteiger partial charge is 0.355 e. The molecule has 0 spiro atoms. The van der Waals surface area contributed by atoms with E-state index in [-0.39, 0.29) is 0 Å². The molecule has 0 N–H and O–H groups in total. The maximum absolute atomic E-state index is 11.8. The van der Waals surface area contributed by atoms with Gasteiger partial charge in [-0.05, 0) is 44.2 Å². The highest BCUT2D eigenvalue weighted by Gasteiger charge is 2.31. The minimum atomic E-state index is 0.349. The molecule has 21 heavy (non-hydrogen) atoms. The number of carbonyl (C=O) groups excluding carboxylic acids is 1. The van der Waals surface area contributed by atoms with E-state index in [1.807, 2.05) is 0 Å². The van der Waals surface area contributed by atoms with Crippen molar-refractivity contribution in [2.75, 3.05) is 24.5 Å². The van der Waals surface area contributed by atoms with E-state index in [9.17, 15) is 4.79 Å². The van der Waals surface area contributed by atoms with Crippen molar-refractivity contribution >= 4 is 11.7 Å². The normalized spacial score (nSPS) is 23.9. The lowest BCUT2D eigenvalue weighted by atomic mass is 10.0. The van der Waals surface area contributed by atoms with Gasteiger partial charge in [-0.3, -0.25) is 4.79 Å². The van der Waals surface area contributed by atoms with Gasteiger partial charge in [0.1, 0.15) is 0 Å². The molecule has 1 aromatic heterocycles. The molecule has 3 aliphatic rings. The first kappa shape index (κ1) is 13.0. The molecule has 0 unspecified atom stereocenters. The van der Waals surface area contributed by atoms with Crippen LogP contribution in [0.5, 0.6) is 0 Å². The summed E-state index contributed by atoms with van der Waals surface area (Å²) in [7, 11) is 0. The molecule has 112 valence electrons. The number of hydrogen-bond donors (Lipinski definition) is 0. The van der Waals surface area contributed by atoms with Crippen LogP contribution in [0.4, 0.5) is 5.82 Å². The zero-order valence-corrected chi connectivity index (χ0v) is 12.4. The summed E-state index contributed by atoms with van der Waals surface area (Å²) < 4.78 is 0. The molecule has 0 aromatic carbocycles. The number of rotatable bonds is 3. The Hall–Kier alpha value is -1.65. The van der Waals surface area contributed by atoms with Gasteiger partial charge < -0.3 is 9.80 Å². The lowest BCUT2D eigenvalue weighted by Gasteiger charge is -2.37. The number of hydrogen-bond acceptors (Lipinski definition) is 4. The number of carbonyl (C=O) groups is 1. The molecule has 5 nitrogen and oxygen atoms in total. The molecule has 1 saturated carbocycles. The van der Waals surface area contributed by atoms with Crippen molar-refractivity contribution < 1.29 is 4.79 Å². The first-order chi connectivity index (χ1) is 10.3. The standard InChI is InChI=1S/C16H22N4O/c21-16-2-1-9-20(16)13-7-10-19(11-8-13)15-6-5-14(17-18-15)12-3-4-12/h5-6,12-13H,1-4,7-11H2. The molecule has 1 aromatic rings. The fourth-order valence-electron chi connectivity index (χ4n) is 3.56. The van der Waals surface area contributed by atoms with Crippen LogP contribution in [-0.4, -0.2) is 46.7 Å². The van der Waals surface area contributed by atoms with Crippen LogP contribution in [0.2, 0.25) is 0 Å². The monoisotopic (exact) mass is 286 g/mol. The molecule has 0 bridgehead atoms. The maximum Gasteiger partial charge on any atom is 0.222 e. The molecule has 1 amide bonds. The van der Waals surface area contributed by atoms with E-state index in [4.69, 9.17) is 0 Å². The maximum atomic E-state index is 11.8. The van der Waals surface area contributed by atoms with Crippen molar-refractivity contribution in [2.45, 2.75) is 50.5 Å². The van der Waals surface area contributed by atoms with E-state index in [1.165, 1.54) is 12.8 Å². The van der Waals surface area contributed by atoms with Crippen LogP contribution in [0.15, 0.2) is 12.1 Å². The Morgan fingerprint density at radius 3 is 2.38 bits per heavy atom. The molecule has 0 atom stereocenters. The molecular weight excluding hydrogens is 264 g/mol. The fourth-order valence-corrected chi connectivity index (χ4v) is 3.56. The first-order valence-electron chi connectivity index (χ1n) is 8.19. The summed E-state index contributed by atoms with van der Waals surface area (Å²) in [6.45, 7) is 2.91. The summed E-state index contributed by atoms with van der Waals surface area (Å²) >= 11 is 0. The Bertz CT molecular complexity index is 518. The predicted octanol–water partition coefficient (Wildman–Crippen LogP) is 1.95. The van der Waals surface area contributed by atoms with Crippen LogP contribution in [-0.2, 0) is 4.79 Å². The summed E-state index contributed by atoms with van der Waals surface area (Å²) in [6.07, 6.45) is 6.42. The van der Waals surface area contributed by atoms with E-state index >= 15 is 0 Å². The zero-order valence-electron chi connectivity index (χ0n) is 12.4. The highest BCUT2D eigenvalue weighted by atomic mass is 16.2. The number of aromatic nitrogens is 2. The summed E-state index contributed by atoms with van der Waals surface area (Å²) in [5.74, 6) is 2.01. The van der Waals surface area contributed by atoms with Crippen LogP contribution in [0.1, 0.15) is 50.1 Å². The SMILES string of the molecule is O=C1CCCN1C1CCN(c2ccc(C3CC3)nn2)CC1. The third-order valence-corrected chi connectivity index (χ3v) is 5.01. The molecule has 0 radical (unpaired) electrons. The minimum Gasteiger partial charge on any atom is -0.355 e. The second kappa shape index (κ2) is 5.28. The summed E-state index contributed by atoms with van der Waals surface area (Å²) in [5, 5.41) is 8.76. The lowest BCUT2D eigenvalue weighted by molar-refractivity contribution is -0.130. The van der Waals surface area contributed by atoms with E-state index in [1.54, 1.807) is 0 Å². The number of piperidine rings is 1. The second-order valence-corrected chi connectivity index (χ2v) is 6.50. The van der Waals surface area contributed by atoms with E-state index in [2.05, 4.69) is 32.1 Å². The quantitative estimate of drug-likeness (QED) is 0.852. The Labute approximate surface area is 125 Å². The van der Waals surface area contributed by atoms with Crippen LogP contribution in [0.25, 0.3) is 0 Å². The first-order valence-corrected chi connectivity index (χ1v) is 8.19. The third kappa shape index (κ3) is 2.61. The van der Waals surface area contributed by atoms with Crippen molar-refractivity contribution in [1.82, 2.24) is 15.1 Å². The van der Waals surface area contributed by atoms with Crippen molar-refractivity contribution in [3.8, 4) is 0 Å². The van der Waals surface area contributed by atoms with Gasteiger partial charge in [-0.15, -0.1) is 5.10 Å². The number of nitrogens with zero attached hydrogens (tertiary/aromatic N) is 4. The van der Waals surface area contributed by atoms with Crippen LogP contribution < -0.4 is 4.90 Å². The Morgan fingerprint density at radius 1 is 1.00 bits per heavy atom. The van der Waals surface area contributed by atoms with Gasteiger partial charge in [-0.25, -0.2) is 0 Å². The van der Waals surface area contributed by atoms with Gasteiger partial charge in [0.05, 0.1) is 5.69 Å². The summed E-state index contributed by atoms with van der Waals surface area (Å²) in [5.41, 5.74) is 1.15. The highest BCUT2D eigenvalue weighted by Crippen LogP contribution is 2.38. The van der Waals surface area contributed by atoms with E-state index in [0.29, 0.717) is 17.9 Å². The molecule has 4 rings (SSSR count). The Balaban J connectivity index is 1.37. The van der Waals surface area contributed by atoms with Gasteiger partial charge in [-0.2, -0.15) is 5.10 Å². The number of amides is 1. The molecule has 2 aliphatic heterocycles. The Morgan fingerprint density at radius 2 is 1.81 bits per heavy atom. The smallest absolute Gasteiger partial charge is 0.222 e. The zero-order chi connectivity index (χ0) is 14.2. The van der Waals surface area contributed by atoms with Gasteiger partial charge in [-0.1, -0.05) is 0 Å². The van der Waals surface area contributed by atoms with Crippen LogP contribution in [0, 0.1) is 0 Å². The van der Waals surface area contributed by atoms with Crippen LogP contribution >= 0.6 is 0 Å². The van der Waals surface area contributed by atoms with E-state index in [0.717, 1.165) is 56.8 Å². The molecular formula is C16H22N4O. The van der Waals surface area contributed by atoms with Crippen molar-refractivity contribution in [1.29, 1.82) is 0 Å². The van der Waals surface area contributed by atoms with Crippen molar-refractivity contribution in [2.24, 2.45) is 0 Å². The molecule has 2 saturated heterocycles. The van der Waals surface area contributed by atoms with Gasteiger partial charge in [0.2, 0.25) is 5.91 Å². The van der Waals surface area contributed by atoms with Crippen molar-refractivity contribution in [3.63, 3.8) is 0 Å². The molecule has 5 heteroatoms. The van der Waals surface area contributed by atoms with Gasteiger partial charge >= 0.3 is 0 Å². The van der Waals surface area contributed by atoms with Gasteiger partial charge in [0.25, 0.3) is 0 Å². The number of anilines is 1. The Kier molecular flexibility index (Phi) is 3.28. The second-order valence-electron chi connectivity index (χ2n) is 6.50. The third-order valence-electron chi connectivity index (χ3n) is 5.01. The highest BCUT2D eigenvalue weighted by molar-refractivity contribution is 5.78. The minimum absolute atomic E-state index is 0.349. The summed E-state index contributed by atoms with van der Waals surface area (Å²) in [4.78, 5) is 16.2. The van der Waals surface area contributed by atoms with Gasteiger partial charge in [0.15, 0.2) is 5.82 Å². The topological polar surface area (TPSA) is 49.3 Å². The van der Waals surface area contributed by atoms with Gasteiger partial charge in [0, 0.05) is 38.0 Å². The molecule has 3 fully saturated rings. The van der Waals surface area contributed by atoms with Crippen LogP contribution in [0.3, 0.4) is 0 Å². The molecule has 1 aliphatic carbocycles. The van der Waals surface area contributed by atoms with Crippen molar-refractivity contribution in [3.05, 3.63) is 17.8 Å². The average molecular weight is 286 g/mol. The fraction of sp³-hybridized carbons (Fsp3) is 0.688. The molecule has 3 heterocycles. The predicted molar refractivity (Wildman–Crippen MR) is 80.2 cm³/mol.